The first kappa shape index (κ1) is 18.8. The number of nitrogens with zero attached hydrogens (tertiary/aromatic N) is 1. The van der Waals surface area contributed by atoms with E-state index in [4.69, 9.17) is 17.0 Å². The molecule has 0 aromatic carbocycles. The van der Waals surface area contributed by atoms with Crippen LogP contribution in [0.4, 0.5) is 10.8 Å². The Morgan fingerprint density at radius 3 is 2.88 bits per heavy atom. The Hall–Kier alpha value is -1.99. The normalized spacial score (nSPS) is 13.5. The highest BCUT2D eigenvalue weighted by molar-refractivity contribution is 7.80. The Bertz CT molecular complexity index is 817. The second-order valence-electron chi connectivity index (χ2n) is 6.29. The number of esters is 1. The van der Waals surface area contributed by atoms with Crippen LogP contribution in [0.25, 0.3) is 0 Å². The summed E-state index contributed by atoms with van der Waals surface area (Å²) in [6, 6.07) is 3.85. The summed E-state index contributed by atoms with van der Waals surface area (Å²) in [5, 5.41) is 7.46. The Morgan fingerprint density at radius 2 is 2.12 bits per heavy atom. The third-order valence-corrected chi connectivity index (χ3v) is 5.70. The van der Waals surface area contributed by atoms with E-state index in [2.05, 4.69) is 15.6 Å². The smallest absolute Gasteiger partial charge is 0.341 e. The number of ether oxygens (including phenoxy) is 1. The van der Waals surface area contributed by atoms with Crippen LogP contribution in [-0.2, 0) is 17.6 Å². The topological polar surface area (TPSA) is 63.2 Å². The zero-order valence-corrected chi connectivity index (χ0v) is 16.7. The van der Waals surface area contributed by atoms with Crippen molar-refractivity contribution in [1.29, 1.82) is 0 Å². The average molecular weight is 390 g/mol. The van der Waals surface area contributed by atoms with Crippen molar-refractivity contribution in [2.45, 2.75) is 46.0 Å². The first-order chi connectivity index (χ1) is 12.6. The lowest BCUT2D eigenvalue weighted by Crippen LogP contribution is -2.21. The molecule has 0 unspecified atom stereocenters. The quantitative estimate of drug-likeness (QED) is 0.449. The molecule has 0 fully saturated rings. The molecule has 5 nitrogen and oxygen atoms in total. The van der Waals surface area contributed by atoms with Gasteiger partial charge in [-0.1, -0.05) is 6.42 Å². The van der Waals surface area contributed by atoms with Crippen LogP contribution in [0.1, 0.15) is 52.5 Å². The zero-order chi connectivity index (χ0) is 18.5. The molecule has 0 spiro atoms. The highest BCUT2D eigenvalue weighted by Crippen LogP contribution is 2.38. The molecule has 0 bridgehead atoms. The largest absolute Gasteiger partial charge is 0.462 e. The highest BCUT2D eigenvalue weighted by Gasteiger charge is 2.26. The monoisotopic (exact) mass is 389 g/mol. The van der Waals surface area contributed by atoms with Crippen molar-refractivity contribution in [1.82, 2.24) is 4.98 Å². The minimum Gasteiger partial charge on any atom is -0.462 e. The minimum atomic E-state index is -0.272. The van der Waals surface area contributed by atoms with Crippen molar-refractivity contribution in [3.8, 4) is 0 Å². The fourth-order valence-corrected chi connectivity index (χ4v) is 4.66. The van der Waals surface area contributed by atoms with Gasteiger partial charge in [0.05, 0.1) is 12.2 Å². The Balaban J connectivity index is 1.84. The molecule has 26 heavy (non-hydrogen) atoms. The van der Waals surface area contributed by atoms with Gasteiger partial charge in [-0.25, -0.2) is 9.78 Å². The molecule has 2 N–H and O–H groups in total. The summed E-state index contributed by atoms with van der Waals surface area (Å²) < 4.78 is 5.30. The molecular formula is C19H23N3O2S2. The average Bonchev–Trinajstić information content (AvgIpc) is 2.76. The van der Waals surface area contributed by atoms with Crippen molar-refractivity contribution < 1.29 is 9.53 Å². The predicted molar refractivity (Wildman–Crippen MR) is 110 cm³/mol. The van der Waals surface area contributed by atoms with Crippen molar-refractivity contribution in [2.24, 2.45) is 0 Å². The van der Waals surface area contributed by atoms with Gasteiger partial charge in [0, 0.05) is 11.1 Å². The van der Waals surface area contributed by atoms with Crippen molar-refractivity contribution >= 4 is 45.5 Å². The fourth-order valence-electron chi connectivity index (χ4n) is 3.11. The summed E-state index contributed by atoms with van der Waals surface area (Å²) in [6.07, 6.45) is 7.12. The lowest BCUT2D eigenvalue weighted by Gasteiger charge is -2.11. The standard InChI is InChI=1S/C19H23N3O2S2/c1-3-24-18(23)16-13-7-5-4-6-8-14(13)26-17(16)22-19(25)21-15-11-12(2)9-10-20-15/h9-11H,3-8H2,1-2H3,(H2,20,21,22,25). The number of fused-ring (bicyclic) bond motifs is 1. The molecular weight excluding hydrogens is 366 g/mol. The van der Waals surface area contributed by atoms with Crippen LogP contribution < -0.4 is 10.6 Å². The molecule has 7 heteroatoms. The molecule has 3 rings (SSSR count). The first-order valence-electron chi connectivity index (χ1n) is 8.90. The van der Waals surface area contributed by atoms with E-state index < -0.39 is 0 Å². The van der Waals surface area contributed by atoms with Gasteiger partial charge in [-0.3, -0.25) is 0 Å². The van der Waals surface area contributed by atoms with Gasteiger partial charge in [-0.2, -0.15) is 0 Å². The third-order valence-electron chi connectivity index (χ3n) is 4.28. The van der Waals surface area contributed by atoms with Crippen LogP contribution in [0.15, 0.2) is 18.3 Å². The number of thiophene rings is 1. The molecule has 0 atom stereocenters. The van der Waals surface area contributed by atoms with Crippen molar-refractivity contribution in [3.05, 3.63) is 39.9 Å². The molecule has 1 aliphatic rings. The van der Waals surface area contributed by atoms with E-state index in [1.807, 2.05) is 26.0 Å². The van der Waals surface area contributed by atoms with Crippen LogP contribution in [-0.4, -0.2) is 22.7 Å². The lowest BCUT2D eigenvalue weighted by atomic mass is 10.1. The number of rotatable bonds is 4. The molecule has 138 valence electrons. The molecule has 2 aromatic rings. The maximum atomic E-state index is 12.6. The van der Waals surface area contributed by atoms with E-state index in [9.17, 15) is 4.79 Å². The van der Waals surface area contributed by atoms with Gasteiger partial charge >= 0.3 is 5.97 Å². The molecule has 0 amide bonds. The molecule has 2 heterocycles. The first-order valence-corrected chi connectivity index (χ1v) is 10.1. The number of carbonyl (C=O) groups excluding carboxylic acids is 1. The second-order valence-corrected chi connectivity index (χ2v) is 7.80. The van der Waals surface area contributed by atoms with E-state index in [-0.39, 0.29) is 5.97 Å². The zero-order valence-electron chi connectivity index (χ0n) is 15.1. The molecule has 2 aromatic heterocycles. The van der Waals surface area contributed by atoms with E-state index in [0.29, 0.717) is 23.1 Å². The van der Waals surface area contributed by atoms with Crippen LogP contribution in [0.3, 0.4) is 0 Å². The number of aryl methyl sites for hydroxylation is 2. The number of anilines is 2. The molecule has 0 saturated heterocycles. The molecule has 0 radical (unpaired) electrons. The number of pyridine rings is 1. The molecule has 0 saturated carbocycles. The van der Waals surface area contributed by atoms with E-state index in [1.165, 1.54) is 11.3 Å². The minimum absolute atomic E-state index is 0.272. The van der Waals surface area contributed by atoms with Crippen LogP contribution in [0, 0.1) is 6.92 Å². The summed E-state index contributed by atoms with van der Waals surface area (Å²) in [4.78, 5) is 18.1. The fraction of sp³-hybridized carbons (Fsp3) is 0.421. The predicted octanol–water partition coefficient (Wildman–Crippen LogP) is 4.71. The van der Waals surface area contributed by atoms with Gasteiger partial charge in [0.15, 0.2) is 5.11 Å². The summed E-state index contributed by atoms with van der Waals surface area (Å²) in [7, 11) is 0. The third kappa shape index (κ3) is 4.40. The van der Waals surface area contributed by atoms with Gasteiger partial charge in [-0.05, 0) is 75.0 Å². The summed E-state index contributed by atoms with van der Waals surface area (Å²) >= 11 is 7.04. The Kier molecular flexibility index (Phi) is 6.21. The van der Waals surface area contributed by atoms with Gasteiger partial charge < -0.3 is 15.4 Å². The number of carbonyl (C=O) groups is 1. The lowest BCUT2D eigenvalue weighted by molar-refractivity contribution is 0.0527. The Morgan fingerprint density at radius 1 is 1.31 bits per heavy atom. The number of thiocarbonyl (C=S) groups is 1. The summed E-state index contributed by atoms with van der Waals surface area (Å²) in [5.41, 5.74) is 2.88. The van der Waals surface area contributed by atoms with Crippen LogP contribution in [0.5, 0.6) is 0 Å². The van der Waals surface area contributed by atoms with Gasteiger partial charge in [0.25, 0.3) is 0 Å². The maximum absolute atomic E-state index is 12.6. The van der Waals surface area contributed by atoms with Gasteiger partial charge in [-0.15, -0.1) is 11.3 Å². The van der Waals surface area contributed by atoms with E-state index in [0.717, 1.165) is 41.8 Å². The number of aromatic nitrogens is 1. The van der Waals surface area contributed by atoms with Crippen LogP contribution in [0.2, 0.25) is 0 Å². The summed E-state index contributed by atoms with van der Waals surface area (Å²) in [5.74, 6) is 0.407. The number of hydrogen-bond donors (Lipinski definition) is 2. The van der Waals surface area contributed by atoms with E-state index >= 15 is 0 Å². The maximum Gasteiger partial charge on any atom is 0.341 e. The van der Waals surface area contributed by atoms with Gasteiger partial charge in [0.2, 0.25) is 0 Å². The van der Waals surface area contributed by atoms with E-state index in [1.54, 1.807) is 17.5 Å². The van der Waals surface area contributed by atoms with Crippen molar-refractivity contribution in [3.63, 3.8) is 0 Å². The highest BCUT2D eigenvalue weighted by atomic mass is 32.1. The van der Waals surface area contributed by atoms with Gasteiger partial charge in [0.1, 0.15) is 10.8 Å². The molecule has 1 aliphatic carbocycles. The summed E-state index contributed by atoms with van der Waals surface area (Å²) in [6.45, 7) is 4.18. The number of hydrogen-bond acceptors (Lipinski definition) is 5. The SMILES string of the molecule is CCOC(=O)c1c(NC(=S)Nc2cc(C)ccn2)sc2c1CCCCC2. The number of nitrogens with one attached hydrogen (secondary N) is 2. The van der Waals surface area contributed by atoms with Crippen molar-refractivity contribution in [2.75, 3.05) is 17.2 Å². The Labute approximate surface area is 163 Å². The van der Waals surface area contributed by atoms with Crippen LogP contribution >= 0.6 is 23.6 Å². The molecule has 0 aliphatic heterocycles. The second kappa shape index (κ2) is 8.60.